The second kappa shape index (κ2) is 11.9. The van der Waals surface area contributed by atoms with Crippen molar-refractivity contribution in [1.82, 2.24) is 15.0 Å². The van der Waals surface area contributed by atoms with Gasteiger partial charge in [0, 0.05) is 32.7 Å². The van der Waals surface area contributed by atoms with Crippen molar-refractivity contribution in [2.75, 3.05) is 0 Å². The summed E-state index contributed by atoms with van der Waals surface area (Å²) in [4.78, 5) is 15.5. The highest BCUT2D eigenvalue weighted by atomic mass is 16.3. The lowest BCUT2D eigenvalue weighted by molar-refractivity contribution is 0.668. The number of para-hydroxylation sites is 2. The van der Waals surface area contributed by atoms with E-state index in [-0.39, 0.29) is 0 Å². The Morgan fingerprint density at radius 3 is 1.48 bits per heavy atom. The topological polar surface area (TPSA) is 65.0 Å². The summed E-state index contributed by atoms with van der Waals surface area (Å²) < 4.78 is 13.1. The van der Waals surface area contributed by atoms with Gasteiger partial charge < -0.3 is 8.83 Å². The van der Waals surface area contributed by atoms with E-state index in [1.165, 1.54) is 26.9 Å². The van der Waals surface area contributed by atoms with Crippen molar-refractivity contribution in [3.05, 3.63) is 176 Å². The maximum atomic E-state index is 6.80. The third kappa shape index (κ3) is 4.58. The Hall–Kier alpha value is -7.63. The molecule has 0 amide bonds. The standard InChI is InChI=1S/C51H29N3O2/c1-2-13-30(14-3-1)49-52-50(31-27-28-36-34-17-5-4-15-32(34)33-16-6-7-18-35(33)42(36)29-31)54-51(53-49)41-23-10-22-40-47-38(21-12-26-45(47)56-48(40)41)37-20-11-25-44-46(37)39-19-8-9-24-43(39)55-44/h1-29H. The largest absolute Gasteiger partial charge is 0.456 e. The van der Waals surface area contributed by atoms with Crippen LogP contribution >= 0.6 is 0 Å². The number of fused-ring (bicyclic) bond motifs is 12. The van der Waals surface area contributed by atoms with Gasteiger partial charge >= 0.3 is 0 Å². The average Bonchev–Trinajstić information content (AvgIpc) is 3.85. The number of hydrogen-bond acceptors (Lipinski definition) is 5. The Morgan fingerprint density at radius 2 is 0.768 bits per heavy atom. The van der Waals surface area contributed by atoms with Crippen LogP contribution in [0.4, 0.5) is 0 Å². The van der Waals surface area contributed by atoms with E-state index in [1.807, 2.05) is 60.7 Å². The molecule has 0 aliphatic heterocycles. The summed E-state index contributed by atoms with van der Waals surface area (Å²) in [6.45, 7) is 0. The summed E-state index contributed by atoms with van der Waals surface area (Å²) in [5.41, 5.74) is 8.04. The molecule has 0 aliphatic carbocycles. The average molecular weight is 716 g/mol. The van der Waals surface area contributed by atoms with Crippen LogP contribution in [0.5, 0.6) is 0 Å². The third-order valence-corrected chi connectivity index (χ3v) is 11.1. The van der Waals surface area contributed by atoms with E-state index < -0.39 is 0 Å². The van der Waals surface area contributed by atoms with Gasteiger partial charge in [-0.15, -0.1) is 0 Å². The summed E-state index contributed by atoms with van der Waals surface area (Å²) in [5.74, 6) is 1.74. The third-order valence-electron chi connectivity index (χ3n) is 11.1. The van der Waals surface area contributed by atoms with Crippen LogP contribution < -0.4 is 0 Å². The molecular formula is C51H29N3O2. The molecule has 3 aromatic heterocycles. The first kappa shape index (κ1) is 30.8. The summed E-state index contributed by atoms with van der Waals surface area (Å²) >= 11 is 0. The summed E-state index contributed by atoms with van der Waals surface area (Å²) in [6, 6.07) is 60.9. The van der Waals surface area contributed by atoms with Gasteiger partial charge in [0.1, 0.15) is 22.3 Å². The van der Waals surface area contributed by atoms with E-state index in [4.69, 9.17) is 23.8 Å². The predicted molar refractivity (Wildman–Crippen MR) is 229 cm³/mol. The van der Waals surface area contributed by atoms with Gasteiger partial charge in [0.15, 0.2) is 17.5 Å². The molecule has 56 heavy (non-hydrogen) atoms. The monoisotopic (exact) mass is 715 g/mol. The van der Waals surface area contributed by atoms with Gasteiger partial charge in [0.2, 0.25) is 0 Å². The molecule has 260 valence electrons. The summed E-state index contributed by atoms with van der Waals surface area (Å²) in [6.07, 6.45) is 0. The van der Waals surface area contributed by atoms with Crippen LogP contribution in [0.2, 0.25) is 0 Å². The van der Waals surface area contributed by atoms with Crippen molar-refractivity contribution in [3.63, 3.8) is 0 Å². The molecule has 0 N–H and O–H groups in total. The van der Waals surface area contributed by atoms with E-state index in [2.05, 4.69) is 115 Å². The zero-order chi connectivity index (χ0) is 36.7. The van der Waals surface area contributed by atoms with E-state index >= 15 is 0 Å². The lowest BCUT2D eigenvalue weighted by atomic mass is 9.93. The Morgan fingerprint density at radius 1 is 0.286 bits per heavy atom. The smallest absolute Gasteiger partial charge is 0.167 e. The molecule has 12 rings (SSSR count). The fourth-order valence-electron chi connectivity index (χ4n) is 8.64. The predicted octanol–water partition coefficient (Wildman–Crippen LogP) is 13.8. The number of furan rings is 2. The Bertz CT molecular complexity index is 3510. The fraction of sp³-hybridized carbons (Fsp3) is 0. The number of aromatic nitrogens is 3. The highest BCUT2D eigenvalue weighted by Gasteiger charge is 2.21. The van der Waals surface area contributed by atoms with Crippen LogP contribution in [0.1, 0.15) is 0 Å². The minimum absolute atomic E-state index is 0.548. The van der Waals surface area contributed by atoms with Crippen molar-refractivity contribution in [1.29, 1.82) is 0 Å². The van der Waals surface area contributed by atoms with Crippen molar-refractivity contribution >= 4 is 76.2 Å². The van der Waals surface area contributed by atoms with E-state index in [9.17, 15) is 0 Å². The van der Waals surface area contributed by atoms with Crippen LogP contribution in [0.15, 0.2) is 185 Å². The minimum atomic E-state index is 0.548. The van der Waals surface area contributed by atoms with Gasteiger partial charge in [0.05, 0.1) is 5.56 Å². The van der Waals surface area contributed by atoms with Gasteiger partial charge in [-0.1, -0.05) is 146 Å². The first-order valence-corrected chi connectivity index (χ1v) is 18.8. The van der Waals surface area contributed by atoms with Crippen molar-refractivity contribution in [2.45, 2.75) is 0 Å². The molecule has 0 spiro atoms. The normalized spacial score (nSPS) is 11.9. The minimum Gasteiger partial charge on any atom is -0.456 e. The first-order chi connectivity index (χ1) is 27.8. The molecule has 0 radical (unpaired) electrons. The van der Waals surface area contributed by atoms with Crippen LogP contribution in [-0.2, 0) is 0 Å². The molecule has 5 nitrogen and oxygen atoms in total. The van der Waals surface area contributed by atoms with E-state index in [0.29, 0.717) is 17.5 Å². The number of nitrogens with zero attached hydrogens (tertiary/aromatic N) is 3. The Labute approximate surface area is 320 Å². The molecule has 0 saturated carbocycles. The zero-order valence-electron chi connectivity index (χ0n) is 29.9. The summed E-state index contributed by atoms with van der Waals surface area (Å²) in [7, 11) is 0. The SMILES string of the molecule is c1ccc(-c2nc(-c3ccc4c5ccccc5c5ccccc5c4c3)nc(-c3cccc4c3oc3cccc(-c5cccc6oc7ccccc7c56)c34)n2)cc1. The van der Waals surface area contributed by atoms with Crippen molar-refractivity contribution in [2.24, 2.45) is 0 Å². The number of hydrogen-bond donors (Lipinski definition) is 0. The van der Waals surface area contributed by atoms with Crippen LogP contribution in [0.25, 0.3) is 121 Å². The van der Waals surface area contributed by atoms with Crippen LogP contribution in [0, 0.1) is 0 Å². The van der Waals surface area contributed by atoms with Crippen LogP contribution in [0.3, 0.4) is 0 Å². The molecule has 5 heteroatoms. The molecule has 0 fully saturated rings. The lowest BCUT2D eigenvalue weighted by Crippen LogP contribution is -2.00. The fourth-order valence-corrected chi connectivity index (χ4v) is 8.64. The highest BCUT2D eigenvalue weighted by Crippen LogP contribution is 2.44. The van der Waals surface area contributed by atoms with Gasteiger partial charge in [-0.2, -0.15) is 0 Å². The molecular weight excluding hydrogens is 687 g/mol. The zero-order valence-corrected chi connectivity index (χ0v) is 29.9. The van der Waals surface area contributed by atoms with E-state index in [0.717, 1.165) is 77.1 Å². The highest BCUT2D eigenvalue weighted by molar-refractivity contribution is 6.26. The lowest BCUT2D eigenvalue weighted by Gasteiger charge is -2.12. The van der Waals surface area contributed by atoms with Gasteiger partial charge in [-0.05, 0) is 73.8 Å². The molecule has 0 bridgehead atoms. The van der Waals surface area contributed by atoms with Gasteiger partial charge in [-0.3, -0.25) is 0 Å². The second-order valence-electron chi connectivity index (χ2n) is 14.3. The first-order valence-electron chi connectivity index (χ1n) is 18.8. The molecule has 3 heterocycles. The van der Waals surface area contributed by atoms with Gasteiger partial charge in [-0.25, -0.2) is 15.0 Å². The molecule has 12 aromatic rings. The maximum absolute atomic E-state index is 6.80. The molecule has 0 atom stereocenters. The maximum Gasteiger partial charge on any atom is 0.167 e. The summed E-state index contributed by atoms with van der Waals surface area (Å²) in [5, 5.41) is 11.4. The Kier molecular flexibility index (Phi) is 6.56. The molecule has 9 aromatic carbocycles. The molecule has 0 saturated heterocycles. The number of rotatable bonds is 4. The van der Waals surface area contributed by atoms with Crippen molar-refractivity contribution < 1.29 is 8.83 Å². The molecule has 0 aliphatic rings. The van der Waals surface area contributed by atoms with Crippen molar-refractivity contribution in [3.8, 4) is 45.3 Å². The van der Waals surface area contributed by atoms with Crippen LogP contribution in [-0.4, -0.2) is 15.0 Å². The Balaban J connectivity index is 1.09. The quantitative estimate of drug-likeness (QED) is 0.170. The number of benzene rings is 9. The second-order valence-corrected chi connectivity index (χ2v) is 14.3. The van der Waals surface area contributed by atoms with Gasteiger partial charge in [0.25, 0.3) is 0 Å². The van der Waals surface area contributed by atoms with E-state index in [1.54, 1.807) is 0 Å². The molecule has 0 unspecified atom stereocenters.